The standard InChI is InChI=1S/C16H15BrF3N3O2/c1-2-25-15(24)11-8-21-23-13(16(18,19)20)7-12(22-14(11)23)9-3-5-10(17)6-4-9/h3-6,8,12-13,22H,2,7H2,1H3/t12-,13+/m0/s1. The summed E-state index contributed by atoms with van der Waals surface area (Å²) in [5, 5.41) is 6.78. The Labute approximate surface area is 150 Å². The Kier molecular flexibility index (Phi) is 4.77. The molecule has 0 radical (unpaired) electrons. The van der Waals surface area contributed by atoms with Crippen molar-refractivity contribution in [2.45, 2.75) is 31.6 Å². The Morgan fingerprint density at radius 3 is 2.68 bits per heavy atom. The van der Waals surface area contributed by atoms with E-state index in [2.05, 4.69) is 26.3 Å². The molecule has 0 bridgehead atoms. The van der Waals surface area contributed by atoms with E-state index in [4.69, 9.17) is 4.74 Å². The number of esters is 1. The number of alkyl halides is 3. The highest BCUT2D eigenvalue weighted by molar-refractivity contribution is 9.10. The van der Waals surface area contributed by atoms with Crippen LogP contribution in [0.15, 0.2) is 34.9 Å². The molecule has 0 saturated heterocycles. The average molecular weight is 418 g/mol. The molecule has 9 heteroatoms. The van der Waals surface area contributed by atoms with Gasteiger partial charge in [0.05, 0.1) is 18.8 Å². The van der Waals surface area contributed by atoms with Gasteiger partial charge in [-0.15, -0.1) is 0 Å². The van der Waals surface area contributed by atoms with Gasteiger partial charge in [0.25, 0.3) is 0 Å². The molecular weight excluding hydrogens is 403 g/mol. The zero-order valence-electron chi connectivity index (χ0n) is 13.2. The van der Waals surface area contributed by atoms with Gasteiger partial charge < -0.3 is 10.1 Å². The first-order valence-electron chi connectivity index (χ1n) is 7.64. The summed E-state index contributed by atoms with van der Waals surface area (Å²) in [7, 11) is 0. The summed E-state index contributed by atoms with van der Waals surface area (Å²) >= 11 is 3.30. The molecule has 2 heterocycles. The number of benzene rings is 1. The number of anilines is 1. The smallest absolute Gasteiger partial charge is 0.410 e. The van der Waals surface area contributed by atoms with Crippen LogP contribution >= 0.6 is 15.9 Å². The predicted molar refractivity (Wildman–Crippen MR) is 88.4 cm³/mol. The minimum absolute atomic E-state index is 0.00193. The highest BCUT2D eigenvalue weighted by Crippen LogP contribution is 2.44. The molecule has 0 aliphatic carbocycles. The number of rotatable bonds is 3. The number of halogens is 4. The molecule has 1 aromatic heterocycles. The Morgan fingerprint density at radius 1 is 1.40 bits per heavy atom. The second kappa shape index (κ2) is 6.70. The molecule has 0 spiro atoms. The summed E-state index contributed by atoms with van der Waals surface area (Å²) in [5.74, 6) is -0.673. The van der Waals surface area contributed by atoms with Crippen LogP contribution in [-0.2, 0) is 4.74 Å². The van der Waals surface area contributed by atoms with Crippen LogP contribution in [-0.4, -0.2) is 28.5 Å². The highest BCUT2D eigenvalue weighted by atomic mass is 79.9. The lowest BCUT2D eigenvalue weighted by Crippen LogP contribution is -2.36. The van der Waals surface area contributed by atoms with E-state index in [1.807, 2.05) is 0 Å². The molecule has 134 valence electrons. The van der Waals surface area contributed by atoms with Crippen molar-refractivity contribution in [2.24, 2.45) is 0 Å². The van der Waals surface area contributed by atoms with Gasteiger partial charge in [-0.1, -0.05) is 28.1 Å². The third-order valence-corrected chi connectivity index (χ3v) is 4.53. The summed E-state index contributed by atoms with van der Waals surface area (Å²) in [6.45, 7) is 1.76. The summed E-state index contributed by atoms with van der Waals surface area (Å²) in [5.41, 5.74) is 0.692. The van der Waals surface area contributed by atoms with E-state index >= 15 is 0 Å². The van der Waals surface area contributed by atoms with Gasteiger partial charge in [-0.3, -0.25) is 0 Å². The number of hydrogen-bond donors (Lipinski definition) is 1. The van der Waals surface area contributed by atoms with Crippen molar-refractivity contribution in [1.82, 2.24) is 9.78 Å². The molecule has 0 fully saturated rings. The maximum Gasteiger partial charge on any atom is 0.410 e. The van der Waals surface area contributed by atoms with E-state index < -0.39 is 24.2 Å². The Balaban J connectivity index is 2.02. The van der Waals surface area contributed by atoms with E-state index in [1.54, 1.807) is 31.2 Å². The molecule has 1 aliphatic heterocycles. The number of aromatic nitrogens is 2. The van der Waals surface area contributed by atoms with E-state index in [0.29, 0.717) is 5.56 Å². The lowest BCUT2D eigenvalue weighted by molar-refractivity contribution is -0.173. The molecule has 3 rings (SSSR count). The predicted octanol–water partition coefficient (Wildman–Crippen LogP) is 4.48. The van der Waals surface area contributed by atoms with Gasteiger partial charge in [0.1, 0.15) is 11.4 Å². The lowest BCUT2D eigenvalue weighted by Gasteiger charge is -2.34. The van der Waals surface area contributed by atoms with E-state index in [-0.39, 0.29) is 24.4 Å². The van der Waals surface area contributed by atoms with E-state index in [9.17, 15) is 18.0 Å². The van der Waals surface area contributed by atoms with Gasteiger partial charge in [0, 0.05) is 10.9 Å². The number of nitrogens with one attached hydrogen (secondary N) is 1. The first-order chi connectivity index (χ1) is 11.8. The van der Waals surface area contributed by atoms with Gasteiger partial charge in [0.15, 0.2) is 6.04 Å². The van der Waals surface area contributed by atoms with Gasteiger partial charge in [-0.05, 0) is 24.6 Å². The topological polar surface area (TPSA) is 56.1 Å². The number of ether oxygens (including phenoxy) is 1. The third kappa shape index (κ3) is 3.51. The minimum Gasteiger partial charge on any atom is -0.462 e. The molecular formula is C16H15BrF3N3O2. The summed E-state index contributed by atoms with van der Waals surface area (Å²) < 4.78 is 47.1. The van der Waals surface area contributed by atoms with Gasteiger partial charge in [0.2, 0.25) is 0 Å². The zero-order valence-corrected chi connectivity index (χ0v) is 14.8. The van der Waals surface area contributed by atoms with Gasteiger partial charge in [-0.25, -0.2) is 9.48 Å². The van der Waals surface area contributed by atoms with Crippen molar-refractivity contribution in [3.8, 4) is 0 Å². The number of fused-ring (bicyclic) bond motifs is 1. The third-order valence-electron chi connectivity index (χ3n) is 4.01. The first kappa shape index (κ1) is 17.8. The van der Waals surface area contributed by atoms with Crippen molar-refractivity contribution in [2.75, 3.05) is 11.9 Å². The molecule has 2 aromatic rings. The molecule has 0 amide bonds. The van der Waals surface area contributed by atoms with Crippen LogP contribution in [0.2, 0.25) is 0 Å². The summed E-state index contributed by atoms with van der Waals surface area (Å²) in [4.78, 5) is 12.0. The molecule has 25 heavy (non-hydrogen) atoms. The van der Waals surface area contributed by atoms with Crippen molar-refractivity contribution < 1.29 is 22.7 Å². The quantitative estimate of drug-likeness (QED) is 0.747. The fraction of sp³-hybridized carbons (Fsp3) is 0.375. The maximum atomic E-state index is 13.5. The Bertz CT molecular complexity index is 774. The molecule has 2 atom stereocenters. The monoisotopic (exact) mass is 417 g/mol. The SMILES string of the molecule is CCOC(=O)c1cnn2c1N[C@H](c1ccc(Br)cc1)C[C@@H]2C(F)(F)F. The van der Waals surface area contributed by atoms with E-state index in [0.717, 1.165) is 15.4 Å². The summed E-state index contributed by atoms with van der Waals surface area (Å²) in [6.07, 6.45) is -3.59. The fourth-order valence-corrected chi connectivity index (χ4v) is 3.10. The van der Waals surface area contributed by atoms with Crippen LogP contribution in [0.4, 0.5) is 19.0 Å². The van der Waals surface area contributed by atoms with E-state index in [1.165, 1.54) is 0 Å². The fourth-order valence-electron chi connectivity index (χ4n) is 2.83. The first-order valence-corrected chi connectivity index (χ1v) is 8.44. The highest BCUT2D eigenvalue weighted by Gasteiger charge is 2.47. The molecule has 0 saturated carbocycles. The zero-order chi connectivity index (χ0) is 18.2. The van der Waals surface area contributed by atoms with Crippen LogP contribution in [0.1, 0.15) is 41.3 Å². The molecule has 1 aliphatic rings. The molecule has 0 unspecified atom stereocenters. The van der Waals surface area contributed by atoms with Crippen LogP contribution in [0.3, 0.4) is 0 Å². The van der Waals surface area contributed by atoms with Crippen molar-refractivity contribution in [3.63, 3.8) is 0 Å². The maximum absolute atomic E-state index is 13.5. The van der Waals surface area contributed by atoms with Gasteiger partial charge >= 0.3 is 12.1 Å². The minimum atomic E-state index is -4.48. The van der Waals surface area contributed by atoms with Crippen LogP contribution in [0.25, 0.3) is 0 Å². The second-order valence-corrected chi connectivity index (χ2v) is 6.53. The van der Waals surface area contributed by atoms with Crippen LogP contribution < -0.4 is 5.32 Å². The molecule has 1 aromatic carbocycles. The van der Waals surface area contributed by atoms with Crippen molar-refractivity contribution >= 4 is 27.7 Å². The Hall–Kier alpha value is -2.03. The van der Waals surface area contributed by atoms with Crippen molar-refractivity contribution in [1.29, 1.82) is 0 Å². The van der Waals surface area contributed by atoms with Gasteiger partial charge in [-0.2, -0.15) is 18.3 Å². The van der Waals surface area contributed by atoms with Crippen molar-refractivity contribution in [3.05, 3.63) is 46.1 Å². The molecule has 1 N–H and O–H groups in total. The van der Waals surface area contributed by atoms with Crippen LogP contribution in [0.5, 0.6) is 0 Å². The summed E-state index contributed by atoms with van der Waals surface area (Å²) in [6, 6.07) is 4.59. The number of carbonyl (C=O) groups is 1. The average Bonchev–Trinajstić information content (AvgIpc) is 2.97. The van der Waals surface area contributed by atoms with Crippen LogP contribution in [0, 0.1) is 0 Å². The Morgan fingerprint density at radius 2 is 2.08 bits per heavy atom. The number of nitrogens with zero attached hydrogens (tertiary/aromatic N) is 2. The number of carbonyl (C=O) groups excluding carboxylic acids is 1. The molecule has 5 nitrogen and oxygen atoms in total. The largest absolute Gasteiger partial charge is 0.462 e. The lowest BCUT2D eigenvalue weighted by atomic mass is 9.96. The number of hydrogen-bond acceptors (Lipinski definition) is 4. The second-order valence-electron chi connectivity index (χ2n) is 5.61. The normalized spacial score (nSPS) is 19.9.